The van der Waals surface area contributed by atoms with Crippen LogP contribution >= 0.6 is 22.6 Å². The molecule has 0 atom stereocenters. The van der Waals surface area contributed by atoms with Crippen molar-refractivity contribution in [3.63, 3.8) is 0 Å². The summed E-state index contributed by atoms with van der Waals surface area (Å²) in [6.45, 7) is 4.10. The highest BCUT2D eigenvalue weighted by Gasteiger charge is 2.07. The standard InChI is InChI=1S/C12H11FIN/c1-8-3-4-9(2)15(8)12-6-5-10(13)7-11(12)14/h3-7H,1-2H3. The first-order valence-electron chi connectivity index (χ1n) is 4.70. The summed E-state index contributed by atoms with van der Waals surface area (Å²) in [5.74, 6) is -0.189. The first kappa shape index (κ1) is 10.7. The molecular weight excluding hydrogens is 304 g/mol. The summed E-state index contributed by atoms with van der Waals surface area (Å²) in [6, 6.07) is 8.99. The Labute approximate surface area is 102 Å². The average Bonchev–Trinajstić information content (AvgIpc) is 2.48. The molecule has 1 nitrogen and oxygen atoms in total. The van der Waals surface area contributed by atoms with Crippen molar-refractivity contribution in [2.45, 2.75) is 13.8 Å². The lowest BCUT2D eigenvalue weighted by molar-refractivity contribution is 0.626. The molecule has 0 bridgehead atoms. The van der Waals surface area contributed by atoms with Crippen molar-refractivity contribution < 1.29 is 4.39 Å². The van der Waals surface area contributed by atoms with Gasteiger partial charge in [0, 0.05) is 15.0 Å². The first-order chi connectivity index (χ1) is 7.09. The molecule has 0 aliphatic rings. The Morgan fingerprint density at radius 2 is 1.67 bits per heavy atom. The van der Waals surface area contributed by atoms with Gasteiger partial charge in [0.05, 0.1) is 5.69 Å². The third-order valence-electron chi connectivity index (χ3n) is 2.42. The van der Waals surface area contributed by atoms with Crippen molar-refractivity contribution in [2.75, 3.05) is 0 Å². The number of hydrogen-bond acceptors (Lipinski definition) is 0. The molecule has 0 saturated carbocycles. The summed E-state index contributed by atoms with van der Waals surface area (Å²) in [5, 5.41) is 0. The lowest BCUT2D eigenvalue weighted by atomic mass is 10.3. The van der Waals surface area contributed by atoms with Crippen LogP contribution in [-0.2, 0) is 0 Å². The van der Waals surface area contributed by atoms with Gasteiger partial charge in [-0.05, 0) is 66.8 Å². The second-order valence-electron chi connectivity index (χ2n) is 3.55. The van der Waals surface area contributed by atoms with E-state index in [1.165, 1.54) is 6.07 Å². The fourth-order valence-electron chi connectivity index (χ4n) is 1.71. The molecule has 0 aliphatic heterocycles. The van der Waals surface area contributed by atoms with Crippen LogP contribution in [0.25, 0.3) is 5.69 Å². The highest BCUT2D eigenvalue weighted by molar-refractivity contribution is 14.1. The molecule has 3 heteroatoms. The molecule has 0 aliphatic carbocycles. The van der Waals surface area contributed by atoms with Crippen molar-refractivity contribution in [3.8, 4) is 5.69 Å². The Hall–Kier alpha value is -0.840. The molecule has 0 spiro atoms. The number of aryl methyl sites for hydroxylation is 2. The Morgan fingerprint density at radius 3 is 2.20 bits per heavy atom. The largest absolute Gasteiger partial charge is 0.317 e. The summed E-state index contributed by atoms with van der Waals surface area (Å²) in [7, 11) is 0. The Bertz CT molecular complexity index is 483. The minimum Gasteiger partial charge on any atom is -0.317 e. The third-order valence-corrected chi connectivity index (χ3v) is 3.29. The quantitative estimate of drug-likeness (QED) is 0.705. The van der Waals surface area contributed by atoms with Crippen molar-refractivity contribution in [1.82, 2.24) is 4.57 Å². The van der Waals surface area contributed by atoms with Gasteiger partial charge in [0.25, 0.3) is 0 Å². The second kappa shape index (κ2) is 3.96. The van der Waals surface area contributed by atoms with Gasteiger partial charge >= 0.3 is 0 Å². The van der Waals surface area contributed by atoms with Crippen LogP contribution in [-0.4, -0.2) is 4.57 Å². The van der Waals surface area contributed by atoms with Gasteiger partial charge in [0.2, 0.25) is 0 Å². The van der Waals surface area contributed by atoms with E-state index in [9.17, 15) is 4.39 Å². The molecule has 0 radical (unpaired) electrons. The van der Waals surface area contributed by atoms with Gasteiger partial charge in [-0.2, -0.15) is 0 Å². The van der Waals surface area contributed by atoms with Crippen LogP contribution < -0.4 is 0 Å². The van der Waals surface area contributed by atoms with E-state index < -0.39 is 0 Å². The van der Waals surface area contributed by atoms with E-state index in [0.29, 0.717) is 0 Å². The summed E-state index contributed by atoms with van der Waals surface area (Å²) in [6.07, 6.45) is 0. The molecule has 0 fully saturated rings. The monoisotopic (exact) mass is 315 g/mol. The average molecular weight is 315 g/mol. The van der Waals surface area contributed by atoms with Crippen molar-refractivity contribution in [3.05, 3.63) is 51.1 Å². The zero-order valence-corrected chi connectivity index (χ0v) is 10.7. The predicted octanol–water partition coefficient (Wildman–Crippen LogP) is 3.84. The highest BCUT2D eigenvalue weighted by atomic mass is 127. The Balaban J connectivity index is 2.64. The maximum absolute atomic E-state index is 13.0. The number of benzene rings is 1. The third kappa shape index (κ3) is 1.93. The maximum Gasteiger partial charge on any atom is 0.124 e. The van der Waals surface area contributed by atoms with E-state index in [4.69, 9.17) is 0 Å². The number of nitrogens with zero attached hydrogens (tertiary/aromatic N) is 1. The van der Waals surface area contributed by atoms with E-state index >= 15 is 0 Å². The molecule has 1 aromatic carbocycles. The summed E-state index contributed by atoms with van der Waals surface area (Å²) < 4.78 is 16.0. The molecule has 2 aromatic rings. The maximum atomic E-state index is 13.0. The van der Waals surface area contributed by atoms with Crippen LogP contribution in [0, 0.1) is 23.2 Å². The van der Waals surface area contributed by atoms with Gasteiger partial charge in [-0.1, -0.05) is 0 Å². The molecule has 0 unspecified atom stereocenters. The lowest BCUT2D eigenvalue weighted by Gasteiger charge is -2.11. The van der Waals surface area contributed by atoms with Gasteiger partial charge in [-0.3, -0.25) is 0 Å². The van der Waals surface area contributed by atoms with Gasteiger partial charge in [0.15, 0.2) is 0 Å². The van der Waals surface area contributed by atoms with Gasteiger partial charge in [-0.25, -0.2) is 4.39 Å². The van der Waals surface area contributed by atoms with Gasteiger partial charge in [-0.15, -0.1) is 0 Å². The fraction of sp³-hybridized carbons (Fsp3) is 0.167. The topological polar surface area (TPSA) is 4.93 Å². The molecule has 78 valence electrons. The van der Waals surface area contributed by atoms with Crippen LogP contribution in [0.1, 0.15) is 11.4 Å². The van der Waals surface area contributed by atoms with Gasteiger partial charge in [0.1, 0.15) is 5.82 Å². The lowest BCUT2D eigenvalue weighted by Crippen LogP contribution is -2.01. The number of rotatable bonds is 1. The van der Waals surface area contributed by atoms with Crippen molar-refractivity contribution in [2.24, 2.45) is 0 Å². The Morgan fingerprint density at radius 1 is 1.07 bits per heavy atom. The Kier molecular flexibility index (Phi) is 2.82. The summed E-state index contributed by atoms with van der Waals surface area (Å²) in [4.78, 5) is 0. The fourth-order valence-corrected chi connectivity index (χ4v) is 2.43. The molecule has 0 amide bonds. The number of hydrogen-bond donors (Lipinski definition) is 0. The van der Waals surface area contributed by atoms with Crippen molar-refractivity contribution >= 4 is 22.6 Å². The molecule has 0 saturated heterocycles. The SMILES string of the molecule is Cc1ccc(C)n1-c1ccc(F)cc1I. The van der Waals surface area contributed by atoms with E-state index in [1.807, 2.05) is 19.9 Å². The normalized spacial score (nSPS) is 10.7. The van der Waals surface area contributed by atoms with E-state index in [1.54, 1.807) is 6.07 Å². The van der Waals surface area contributed by atoms with Crippen LogP contribution in [0.2, 0.25) is 0 Å². The van der Waals surface area contributed by atoms with E-state index in [-0.39, 0.29) is 5.82 Å². The van der Waals surface area contributed by atoms with Crippen LogP contribution in [0.4, 0.5) is 4.39 Å². The van der Waals surface area contributed by atoms with Crippen LogP contribution in [0.5, 0.6) is 0 Å². The minimum absolute atomic E-state index is 0.189. The first-order valence-corrected chi connectivity index (χ1v) is 5.78. The summed E-state index contributed by atoms with van der Waals surface area (Å²) in [5.41, 5.74) is 3.37. The minimum atomic E-state index is -0.189. The molecular formula is C12H11FIN. The molecule has 15 heavy (non-hydrogen) atoms. The molecule has 1 aromatic heterocycles. The van der Waals surface area contributed by atoms with E-state index in [0.717, 1.165) is 20.6 Å². The van der Waals surface area contributed by atoms with Crippen LogP contribution in [0.15, 0.2) is 30.3 Å². The molecule has 0 N–H and O–H groups in total. The number of halogens is 2. The zero-order chi connectivity index (χ0) is 11.0. The predicted molar refractivity (Wildman–Crippen MR) is 67.9 cm³/mol. The van der Waals surface area contributed by atoms with Crippen molar-refractivity contribution in [1.29, 1.82) is 0 Å². The highest BCUT2D eigenvalue weighted by Crippen LogP contribution is 2.22. The zero-order valence-electron chi connectivity index (χ0n) is 8.59. The van der Waals surface area contributed by atoms with Crippen LogP contribution in [0.3, 0.4) is 0 Å². The summed E-state index contributed by atoms with van der Waals surface area (Å²) >= 11 is 2.16. The number of aromatic nitrogens is 1. The second-order valence-corrected chi connectivity index (χ2v) is 4.71. The smallest absolute Gasteiger partial charge is 0.124 e. The molecule has 1 heterocycles. The molecule has 2 rings (SSSR count). The van der Waals surface area contributed by atoms with Gasteiger partial charge < -0.3 is 4.57 Å². The van der Waals surface area contributed by atoms with E-state index in [2.05, 4.69) is 39.3 Å².